The van der Waals surface area contributed by atoms with Crippen LogP contribution in [0.3, 0.4) is 0 Å². The molecule has 0 rings (SSSR count). The summed E-state index contributed by atoms with van der Waals surface area (Å²) < 4.78 is 58.7. The van der Waals surface area contributed by atoms with E-state index >= 15 is 0 Å². The number of phosphoric ester groups is 1. The number of rotatable bonds is 43. The van der Waals surface area contributed by atoms with E-state index < -0.39 is 31.7 Å². The number of esters is 1. The molecule has 0 aliphatic carbocycles. The minimum absolute atomic E-state index is 0.0223. The molecule has 15 heteroatoms. The molecule has 0 aromatic rings. The van der Waals surface area contributed by atoms with E-state index in [2.05, 4.69) is 50.1 Å². The third-order valence-electron chi connectivity index (χ3n) is 9.61. The van der Waals surface area contributed by atoms with Crippen LogP contribution in [0.4, 0.5) is 4.79 Å². The number of carbonyl (C=O) groups excluding carboxylic acids is 3. The van der Waals surface area contributed by atoms with Crippen molar-refractivity contribution >= 4 is 25.8 Å². The average molecular weight is 905 g/mol. The van der Waals surface area contributed by atoms with Crippen LogP contribution in [0.1, 0.15) is 183 Å². The van der Waals surface area contributed by atoms with Crippen molar-refractivity contribution in [3.63, 3.8) is 0 Å². The van der Waals surface area contributed by atoms with Crippen molar-refractivity contribution < 1.29 is 56.2 Å². The molecule has 0 spiro atoms. The first kappa shape index (κ1) is 59.7. The van der Waals surface area contributed by atoms with Gasteiger partial charge >= 0.3 is 19.9 Å². The lowest BCUT2D eigenvalue weighted by Gasteiger charge is -2.24. The van der Waals surface area contributed by atoms with Gasteiger partial charge in [0.25, 0.3) is 0 Å². The van der Waals surface area contributed by atoms with E-state index in [0.29, 0.717) is 25.9 Å². The Morgan fingerprint density at radius 3 is 1.95 bits per heavy atom. The van der Waals surface area contributed by atoms with Gasteiger partial charge in [0.05, 0.1) is 45.0 Å². The van der Waals surface area contributed by atoms with Gasteiger partial charge in [0.2, 0.25) is 5.91 Å². The molecule has 0 heterocycles. The molecular formula is C47H89N2O12P. The lowest BCUT2D eigenvalue weighted by atomic mass is 10.1. The van der Waals surface area contributed by atoms with Gasteiger partial charge in [-0.3, -0.25) is 23.2 Å². The van der Waals surface area contributed by atoms with E-state index in [1.165, 1.54) is 51.0 Å². The van der Waals surface area contributed by atoms with E-state index in [0.717, 1.165) is 64.2 Å². The highest BCUT2D eigenvalue weighted by Gasteiger charge is 2.29. The lowest BCUT2D eigenvalue weighted by molar-refractivity contribution is -0.151. The normalized spacial score (nSPS) is 14.2. The first-order valence-corrected chi connectivity index (χ1v) is 25.2. The molecule has 0 radical (unpaired) electrons. The molecule has 2 unspecified atom stereocenters. The first-order chi connectivity index (χ1) is 29.8. The highest BCUT2D eigenvalue weighted by Crippen LogP contribution is 2.49. The van der Waals surface area contributed by atoms with Crippen LogP contribution in [0.5, 0.6) is 0 Å². The number of phosphoric acid groups is 1. The van der Waals surface area contributed by atoms with Crippen molar-refractivity contribution in [1.29, 1.82) is 0 Å². The van der Waals surface area contributed by atoms with Crippen molar-refractivity contribution in [2.45, 2.75) is 207 Å². The zero-order valence-electron chi connectivity index (χ0n) is 40.0. The van der Waals surface area contributed by atoms with E-state index in [9.17, 15) is 18.9 Å². The number of ether oxygens (including phenoxy) is 5. The zero-order chi connectivity index (χ0) is 46.2. The predicted octanol–water partition coefficient (Wildman–Crippen LogP) is 11.5. The Bertz CT molecular complexity index is 1200. The summed E-state index contributed by atoms with van der Waals surface area (Å²) in [5.74, 6) is -0.678. The second-order valence-corrected chi connectivity index (χ2v) is 18.5. The van der Waals surface area contributed by atoms with Gasteiger partial charge < -0.3 is 34.3 Å². The van der Waals surface area contributed by atoms with Gasteiger partial charge in [0.15, 0.2) is 0 Å². The fraction of sp³-hybridized carbons (Fsp3) is 0.851. The van der Waals surface area contributed by atoms with Crippen LogP contribution < -0.4 is 10.6 Å². The SMILES string of the molecule is C=CCOP(=O)(OCCNC(=O)OC(C)(C)C)OCC(COCC[C@@H](CCCCCCC)OCOC)NC(=O)C[C@@H](CCCCCCC)OC(=O)CCCC=CCCCCCC. The van der Waals surface area contributed by atoms with E-state index in [1.54, 1.807) is 27.9 Å². The quantitative estimate of drug-likeness (QED) is 0.0196. The molecule has 0 bridgehead atoms. The smallest absolute Gasteiger partial charge is 0.462 e. The summed E-state index contributed by atoms with van der Waals surface area (Å²) in [5.41, 5.74) is -0.690. The molecule has 0 fully saturated rings. The second kappa shape index (κ2) is 40.2. The van der Waals surface area contributed by atoms with Crippen molar-refractivity contribution in [3.05, 3.63) is 24.8 Å². The summed E-state index contributed by atoms with van der Waals surface area (Å²) in [6.07, 6.45) is 25.0. The zero-order valence-corrected chi connectivity index (χ0v) is 40.9. The fourth-order valence-electron chi connectivity index (χ4n) is 6.29. The van der Waals surface area contributed by atoms with E-state index in [1.807, 2.05) is 0 Å². The van der Waals surface area contributed by atoms with E-state index in [4.69, 9.17) is 37.3 Å². The standard InChI is InChI=1S/C47H89N2O12P/c1-9-13-16-19-20-21-22-25-28-31-45(51)60-43(30-27-24-18-15-11-3)37-44(50)49-41(38-55-35-32-42(56-40-54-8)29-26-23-17-14-10-2)39-59-62(53,57-34-12-4)58-36-33-48-46(52)61-47(5,6)7/h12,21-22,41-43H,4,9-11,13-20,23-40H2,1-3,5-8H3,(H,48,52)(H,49,50)/t41?,42-,43-,62?/m1/s1. The number of allylic oxidation sites excluding steroid dienone is 2. The summed E-state index contributed by atoms with van der Waals surface area (Å²) in [6, 6.07) is -0.770. The fourth-order valence-corrected chi connectivity index (χ4v) is 7.48. The largest absolute Gasteiger partial charge is 0.475 e. The molecule has 0 aromatic carbocycles. The minimum atomic E-state index is -4.20. The van der Waals surface area contributed by atoms with Crippen LogP contribution in [-0.2, 0) is 51.4 Å². The number of alkyl carbamates (subject to hydrolysis) is 1. The molecule has 2 amide bonds. The number of hydrogen-bond donors (Lipinski definition) is 2. The number of hydrogen-bond acceptors (Lipinski definition) is 12. The molecule has 0 aliphatic heterocycles. The van der Waals surface area contributed by atoms with Crippen molar-refractivity contribution in [2.75, 3.05) is 53.5 Å². The Labute approximate surface area is 376 Å². The molecule has 62 heavy (non-hydrogen) atoms. The Morgan fingerprint density at radius 1 is 0.726 bits per heavy atom. The van der Waals surface area contributed by atoms with Crippen LogP contribution in [0, 0.1) is 0 Å². The first-order valence-electron chi connectivity index (χ1n) is 23.7. The summed E-state index contributed by atoms with van der Waals surface area (Å²) in [7, 11) is -2.60. The topological polar surface area (TPSA) is 166 Å². The monoisotopic (exact) mass is 905 g/mol. The lowest BCUT2D eigenvalue weighted by Crippen LogP contribution is -2.43. The molecular weight excluding hydrogens is 815 g/mol. The molecule has 0 aliphatic rings. The minimum Gasteiger partial charge on any atom is -0.462 e. The molecule has 0 saturated heterocycles. The second-order valence-electron chi connectivity index (χ2n) is 16.8. The Morgan fingerprint density at radius 2 is 1.34 bits per heavy atom. The molecule has 4 atom stereocenters. The summed E-state index contributed by atoms with van der Waals surface area (Å²) in [6.45, 7) is 15.3. The Balaban J connectivity index is 5.77. The highest BCUT2D eigenvalue weighted by atomic mass is 31.2. The molecule has 0 saturated carbocycles. The van der Waals surface area contributed by atoms with Crippen LogP contribution in [0.2, 0.25) is 0 Å². The van der Waals surface area contributed by atoms with Crippen LogP contribution in [-0.4, -0.2) is 95.3 Å². The summed E-state index contributed by atoms with van der Waals surface area (Å²) >= 11 is 0. The van der Waals surface area contributed by atoms with Gasteiger partial charge in [-0.1, -0.05) is 116 Å². The van der Waals surface area contributed by atoms with Crippen LogP contribution >= 0.6 is 7.82 Å². The molecule has 364 valence electrons. The van der Waals surface area contributed by atoms with Crippen molar-refractivity contribution in [3.8, 4) is 0 Å². The van der Waals surface area contributed by atoms with E-state index in [-0.39, 0.29) is 70.6 Å². The number of methoxy groups -OCH3 is 1. The number of nitrogens with one attached hydrogen (secondary N) is 2. The maximum atomic E-state index is 13.7. The van der Waals surface area contributed by atoms with Gasteiger partial charge in [-0.05, 0) is 72.1 Å². The molecule has 2 N–H and O–H groups in total. The van der Waals surface area contributed by atoms with Gasteiger partial charge in [-0.25, -0.2) is 9.36 Å². The van der Waals surface area contributed by atoms with Gasteiger partial charge in [0.1, 0.15) is 18.5 Å². The summed E-state index contributed by atoms with van der Waals surface area (Å²) in [5, 5.41) is 5.50. The third-order valence-corrected chi connectivity index (χ3v) is 11.0. The summed E-state index contributed by atoms with van der Waals surface area (Å²) in [4.78, 5) is 38.8. The number of amides is 2. The van der Waals surface area contributed by atoms with Crippen molar-refractivity contribution in [2.24, 2.45) is 0 Å². The molecule has 14 nitrogen and oxygen atoms in total. The highest BCUT2D eigenvalue weighted by molar-refractivity contribution is 7.48. The average Bonchev–Trinajstić information content (AvgIpc) is 3.22. The number of unbranched alkanes of at least 4 members (excludes halogenated alkanes) is 13. The van der Waals surface area contributed by atoms with Crippen LogP contribution in [0.15, 0.2) is 24.8 Å². The van der Waals surface area contributed by atoms with Crippen molar-refractivity contribution in [1.82, 2.24) is 10.6 Å². The van der Waals surface area contributed by atoms with Gasteiger partial charge in [-0.15, -0.1) is 6.58 Å². The van der Waals surface area contributed by atoms with Gasteiger partial charge in [0, 0.05) is 26.7 Å². The maximum Gasteiger partial charge on any atom is 0.475 e. The third kappa shape index (κ3) is 38.2. The Hall–Kier alpha value is -2.32. The van der Waals surface area contributed by atoms with Gasteiger partial charge in [-0.2, -0.15) is 0 Å². The number of carbonyl (C=O) groups is 3. The Kier molecular flexibility index (Phi) is 38.7. The predicted molar refractivity (Wildman–Crippen MR) is 247 cm³/mol. The molecule has 0 aromatic heterocycles. The van der Waals surface area contributed by atoms with Crippen LogP contribution in [0.25, 0.3) is 0 Å². The maximum absolute atomic E-state index is 13.7.